The van der Waals surface area contributed by atoms with E-state index in [1.807, 2.05) is 18.2 Å². The second-order valence-corrected chi connectivity index (χ2v) is 4.65. The van der Waals surface area contributed by atoms with Crippen molar-refractivity contribution in [1.82, 2.24) is 0 Å². The van der Waals surface area contributed by atoms with E-state index in [2.05, 4.69) is 35.1 Å². The van der Waals surface area contributed by atoms with Crippen LogP contribution in [0.1, 0.15) is 19.4 Å². The van der Waals surface area contributed by atoms with Crippen molar-refractivity contribution in [3.8, 4) is 0 Å². The van der Waals surface area contributed by atoms with Crippen LogP contribution in [-0.2, 0) is 6.61 Å². The third kappa shape index (κ3) is 3.31. The number of anilines is 1. The molecule has 2 N–H and O–H groups in total. The summed E-state index contributed by atoms with van der Waals surface area (Å²) in [5, 5.41) is 12.4. The Morgan fingerprint density at radius 1 is 1.43 bits per heavy atom. The molecule has 0 saturated heterocycles. The monoisotopic (exact) mass is 257 g/mol. The Bertz CT molecular complexity index is 299. The number of aliphatic hydroxyl groups is 1. The Morgan fingerprint density at radius 3 is 2.71 bits per heavy atom. The number of benzene rings is 1. The van der Waals surface area contributed by atoms with Crippen LogP contribution in [0.2, 0.25) is 0 Å². The topological polar surface area (TPSA) is 32.3 Å². The van der Waals surface area contributed by atoms with Crippen molar-refractivity contribution in [1.29, 1.82) is 0 Å². The number of hydrogen-bond donors (Lipinski definition) is 2. The van der Waals surface area contributed by atoms with Crippen molar-refractivity contribution >= 4 is 21.6 Å². The summed E-state index contributed by atoms with van der Waals surface area (Å²) in [6.07, 6.45) is 0. The first-order valence-corrected chi connectivity index (χ1v) is 5.56. The van der Waals surface area contributed by atoms with Crippen LogP contribution in [0.3, 0.4) is 0 Å². The van der Waals surface area contributed by atoms with Crippen molar-refractivity contribution in [2.45, 2.75) is 20.5 Å². The number of hydrogen-bond acceptors (Lipinski definition) is 2. The van der Waals surface area contributed by atoms with Gasteiger partial charge in [-0.3, -0.25) is 0 Å². The fourth-order valence-corrected chi connectivity index (χ4v) is 1.53. The lowest BCUT2D eigenvalue weighted by atomic mass is 10.1. The van der Waals surface area contributed by atoms with E-state index in [0.29, 0.717) is 5.92 Å². The third-order valence-corrected chi connectivity index (χ3v) is 2.44. The molecule has 0 aliphatic rings. The molecule has 3 heteroatoms. The highest BCUT2D eigenvalue weighted by molar-refractivity contribution is 9.10. The lowest BCUT2D eigenvalue weighted by molar-refractivity contribution is 0.282. The van der Waals surface area contributed by atoms with Gasteiger partial charge in [-0.25, -0.2) is 0 Å². The van der Waals surface area contributed by atoms with Crippen LogP contribution in [0.15, 0.2) is 22.7 Å². The molecule has 0 aliphatic heterocycles. The largest absolute Gasteiger partial charge is 0.392 e. The van der Waals surface area contributed by atoms with Gasteiger partial charge in [0.05, 0.1) is 6.61 Å². The molecule has 0 spiro atoms. The lowest BCUT2D eigenvalue weighted by Crippen LogP contribution is -2.09. The van der Waals surface area contributed by atoms with Crippen molar-refractivity contribution in [2.75, 3.05) is 11.9 Å². The standard InChI is InChI=1S/C11H16BrNO/c1-8(2)6-13-11-5-10(12)4-3-9(11)7-14/h3-5,8,13-14H,6-7H2,1-2H3. The summed E-state index contributed by atoms with van der Waals surface area (Å²) < 4.78 is 1.03. The van der Waals surface area contributed by atoms with Crippen LogP contribution in [0.5, 0.6) is 0 Å². The van der Waals surface area contributed by atoms with Gasteiger partial charge in [-0.15, -0.1) is 0 Å². The highest BCUT2D eigenvalue weighted by Gasteiger charge is 2.02. The van der Waals surface area contributed by atoms with Crippen LogP contribution < -0.4 is 5.32 Å². The fraction of sp³-hybridized carbons (Fsp3) is 0.455. The minimum Gasteiger partial charge on any atom is -0.392 e. The van der Waals surface area contributed by atoms with Crippen LogP contribution in [0, 0.1) is 5.92 Å². The average Bonchev–Trinajstić information content (AvgIpc) is 2.15. The van der Waals surface area contributed by atoms with Gasteiger partial charge in [0.25, 0.3) is 0 Å². The first-order valence-electron chi connectivity index (χ1n) is 4.76. The van der Waals surface area contributed by atoms with Crippen LogP contribution >= 0.6 is 15.9 Å². The molecule has 0 heterocycles. The molecule has 0 bridgehead atoms. The number of rotatable bonds is 4. The molecule has 2 nitrogen and oxygen atoms in total. The number of aliphatic hydroxyl groups excluding tert-OH is 1. The quantitative estimate of drug-likeness (QED) is 0.870. The smallest absolute Gasteiger partial charge is 0.0701 e. The zero-order chi connectivity index (χ0) is 10.6. The fourth-order valence-electron chi connectivity index (χ4n) is 1.17. The third-order valence-electron chi connectivity index (χ3n) is 1.94. The summed E-state index contributed by atoms with van der Waals surface area (Å²) in [6.45, 7) is 5.31. The highest BCUT2D eigenvalue weighted by Crippen LogP contribution is 2.21. The maximum Gasteiger partial charge on any atom is 0.0701 e. The summed E-state index contributed by atoms with van der Waals surface area (Å²) in [6, 6.07) is 5.85. The summed E-state index contributed by atoms with van der Waals surface area (Å²) in [7, 11) is 0. The maximum absolute atomic E-state index is 9.12. The van der Waals surface area contributed by atoms with E-state index in [1.54, 1.807) is 0 Å². The SMILES string of the molecule is CC(C)CNc1cc(Br)ccc1CO. The second-order valence-electron chi connectivity index (χ2n) is 3.73. The van der Waals surface area contributed by atoms with Gasteiger partial charge in [-0.1, -0.05) is 35.8 Å². The van der Waals surface area contributed by atoms with E-state index in [9.17, 15) is 0 Å². The molecule has 0 fully saturated rings. The van der Waals surface area contributed by atoms with Gasteiger partial charge in [0.15, 0.2) is 0 Å². The Kier molecular flexibility index (Phi) is 4.42. The van der Waals surface area contributed by atoms with E-state index in [4.69, 9.17) is 5.11 Å². The second kappa shape index (κ2) is 5.37. The number of nitrogens with one attached hydrogen (secondary N) is 1. The normalized spacial score (nSPS) is 10.6. The summed E-state index contributed by atoms with van der Waals surface area (Å²) in [5.74, 6) is 0.598. The molecule has 0 radical (unpaired) electrons. The molecule has 1 aromatic rings. The van der Waals surface area contributed by atoms with E-state index in [0.717, 1.165) is 22.3 Å². The molecule has 14 heavy (non-hydrogen) atoms. The molecular weight excluding hydrogens is 242 g/mol. The minimum atomic E-state index is 0.0771. The van der Waals surface area contributed by atoms with Gasteiger partial charge in [0, 0.05) is 22.3 Å². The predicted molar refractivity (Wildman–Crippen MR) is 63.4 cm³/mol. The van der Waals surface area contributed by atoms with E-state index in [-0.39, 0.29) is 6.61 Å². The molecule has 0 atom stereocenters. The minimum absolute atomic E-state index is 0.0771. The van der Waals surface area contributed by atoms with Crippen LogP contribution in [0.4, 0.5) is 5.69 Å². The highest BCUT2D eigenvalue weighted by atomic mass is 79.9. The summed E-state index contributed by atoms with van der Waals surface area (Å²) in [5.41, 5.74) is 1.95. The van der Waals surface area contributed by atoms with E-state index >= 15 is 0 Å². The van der Waals surface area contributed by atoms with Gasteiger partial charge >= 0.3 is 0 Å². The summed E-state index contributed by atoms with van der Waals surface area (Å²) >= 11 is 3.41. The molecule has 0 amide bonds. The molecule has 0 aliphatic carbocycles. The molecule has 0 unspecified atom stereocenters. The first kappa shape index (κ1) is 11.5. The van der Waals surface area contributed by atoms with Crippen LogP contribution in [-0.4, -0.2) is 11.7 Å². The Hall–Kier alpha value is -0.540. The van der Waals surface area contributed by atoms with Gasteiger partial charge in [-0.05, 0) is 18.1 Å². The molecular formula is C11H16BrNO. The van der Waals surface area contributed by atoms with Gasteiger partial charge in [0.1, 0.15) is 0 Å². The Morgan fingerprint density at radius 2 is 2.14 bits per heavy atom. The Balaban J connectivity index is 2.77. The predicted octanol–water partition coefficient (Wildman–Crippen LogP) is 3.01. The van der Waals surface area contributed by atoms with Crippen molar-refractivity contribution < 1.29 is 5.11 Å². The average molecular weight is 258 g/mol. The number of halogens is 1. The first-order chi connectivity index (χ1) is 6.63. The summed E-state index contributed by atoms with van der Waals surface area (Å²) in [4.78, 5) is 0. The Labute approximate surface area is 93.5 Å². The molecule has 78 valence electrons. The molecule has 0 aromatic heterocycles. The zero-order valence-electron chi connectivity index (χ0n) is 8.55. The van der Waals surface area contributed by atoms with Gasteiger partial charge in [0.2, 0.25) is 0 Å². The van der Waals surface area contributed by atoms with Crippen molar-refractivity contribution in [3.63, 3.8) is 0 Å². The molecule has 0 saturated carbocycles. The molecule has 1 rings (SSSR count). The maximum atomic E-state index is 9.12. The molecule has 1 aromatic carbocycles. The van der Waals surface area contributed by atoms with Crippen molar-refractivity contribution in [2.24, 2.45) is 5.92 Å². The zero-order valence-corrected chi connectivity index (χ0v) is 10.1. The van der Waals surface area contributed by atoms with Gasteiger partial charge < -0.3 is 10.4 Å². The van der Waals surface area contributed by atoms with Crippen LogP contribution in [0.25, 0.3) is 0 Å². The van der Waals surface area contributed by atoms with Crippen molar-refractivity contribution in [3.05, 3.63) is 28.2 Å². The van der Waals surface area contributed by atoms with Gasteiger partial charge in [-0.2, -0.15) is 0 Å². The van der Waals surface area contributed by atoms with E-state index < -0.39 is 0 Å². The lowest BCUT2D eigenvalue weighted by Gasteiger charge is -2.12. The van der Waals surface area contributed by atoms with E-state index in [1.165, 1.54) is 0 Å².